The zero-order valence-corrected chi connectivity index (χ0v) is 16.0. The molecule has 1 amide bonds. The van der Waals surface area contributed by atoms with E-state index in [0.717, 1.165) is 24.2 Å². The maximum absolute atomic E-state index is 13.0. The fraction of sp³-hybridized carbons (Fsp3) is 0.611. The van der Waals surface area contributed by atoms with Crippen LogP contribution in [-0.2, 0) is 26.0 Å². The van der Waals surface area contributed by atoms with E-state index in [1.165, 1.54) is 10.6 Å². The molecule has 144 valence electrons. The number of nitrogens with zero attached hydrogens (tertiary/aromatic N) is 1. The van der Waals surface area contributed by atoms with Crippen LogP contribution in [0.2, 0.25) is 0 Å². The summed E-state index contributed by atoms with van der Waals surface area (Å²) in [5.41, 5.74) is 0.216. The van der Waals surface area contributed by atoms with Crippen LogP contribution in [0.1, 0.15) is 18.4 Å². The Morgan fingerprint density at radius 2 is 2.04 bits per heavy atom. The van der Waals surface area contributed by atoms with Crippen LogP contribution >= 0.6 is 0 Å². The molecule has 2 aliphatic heterocycles. The molecule has 1 aromatic carbocycles. The summed E-state index contributed by atoms with van der Waals surface area (Å²) < 4.78 is 35.6. The number of carbonyl (C=O) groups excluding carboxylic acids is 1. The number of benzene rings is 1. The van der Waals surface area contributed by atoms with Crippen LogP contribution < -0.4 is 10.1 Å². The summed E-state index contributed by atoms with van der Waals surface area (Å²) in [6.07, 6.45) is 3.23. The summed E-state index contributed by atoms with van der Waals surface area (Å²) in [7, 11) is -1.70. The van der Waals surface area contributed by atoms with E-state index in [4.69, 9.17) is 9.47 Å². The predicted molar refractivity (Wildman–Crippen MR) is 97.5 cm³/mol. The Bertz CT molecular complexity index is 753. The second-order valence-electron chi connectivity index (χ2n) is 7.20. The van der Waals surface area contributed by atoms with Gasteiger partial charge in [0.25, 0.3) is 0 Å². The minimum atomic E-state index is -3.30. The number of ether oxygens (including phenoxy) is 2. The quantitative estimate of drug-likeness (QED) is 0.786. The molecule has 8 heteroatoms. The first kappa shape index (κ1) is 19.1. The minimum Gasteiger partial charge on any atom is -0.497 e. The number of hydrogen-bond donors (Lipinski definition) is 1. The van der Waals surface area contributed by atoms with E-state index < -0.39 is 15.4 Å². The highest BCUT2D eigenvalue weighted by Crippen LogP contribution is 2.37. The molecule has 0 bridgehead atoms. The lowest BCUT2D eigenvalue weighted by Gasteiger charge is -2.48. The Kier molecular flexibility index (Phi) is 5.55. The maximum Gasteiger partial charge on any atom is 0.229 e. The van der Waals surface area contributed by atoms with Gasteiger partial charge in [-0.15, -0.1) is 0 Å². The summed E-state index contributed by atoms with van der Waals surface area (Å²) in [4.78, 5) is 13.0. The lowest BCUT2D eigenvalue weighted by atomic mass is 9.75. The monoisotopic (exact) mass is 382 g/mol. The average molecular weight is 382 g/mol. The molecule has 0 aliphatic carbocycles. The molecule has 3 rings (SSSR count). The van der Waals surface area contributed by atoms with Crippen molar-refractivity contribution in [2.45, 2.75) is 25.3 Å². The highest BCUT2D eigenvalue weighted by molar-refractivity contribution is 7.88. The number of hydrogen-bond acceptors (Lipinski definition) is 5. The normalized spacial score (nSPS) is 21.0. The number of rotatable bonds is 6. The standard InChI is InChI=1S/C18H26N2O5S/c1-24-16-5-3-4-14(10-16)11-18(12-20(13-18)26(2,22)23)17(21)19-15-6-8-25-9-7-15/h3-5,10,15H,6-9,11-13H2,1-2H3,(H,19,21). The van der Waals surface area contributed by atoms with E-state index >= 15 is 0 Å². The first-order chi connectivity index (χ1) is 12.3. The van der Waals surface area contributed by atoms with E-state index in [9.17, 15) is 13.2 Å². The summed E-state index contributed by atoms with van der Waals surface area (Å²) in [6.45, 7) is 1.70. The smallest absolute Gasteiger partial charge is 0.229 e. The molecule has 7 nitrogen and oxygen atoms in total. The van der Waals surface area contributed by atoms with Crippen molar-refractivity contribution in [2.24, 2.45) is 5.41 Å². The van der Waals surface area contributed by atoms with Gasteiger partial charge in [0, 0.05) is 32.3 Å². The molecule has 2 saturated heterocycles. The lowest BCUT2D eigenvalue weighted by Crippen LogP contribution is -2.66. The van der Waals surface area contributed by atoms with Gasteiger partial charge in [-0.3, -0.25) is 4.79 Å². The van der Waals surface area contributed by atoms with Crippen molar-refractivity contribution in [2.75, 3.05) is 39.7 Å². The number of nitrogens with one attached hydrogen (secondary N) is 1. The fourth-order valence-corrected chi connectivity index (χ4v) is 4.52. The molecule has 0 spiro atoms. The Balaban J connectivity index is 1.77. The number of methoxy groups -OCH3 is 1. The molecule has 0 atom stereocenters. The van der Waals surface area contributed by atoms with Gasteiger partial charge in [-0.2, -0.15) is 4.31 Å². The maximum atomic E-state index is 13.0. The number of amides is 1. The van der Waals surface area contributed by atoms with Gasteiger partial charge in [0.1, 0.15) is 5.75 Å². The van der Waals surface area contributed by atoms with E-state index in [-0.39, 0.29) is 25.0 Å². The van der Waals surface area contributed by atoms with Crippen molar-refractivity contribution < 1.29 is 22.7 Å². The average Bonchev–Trinajstić information content (AvgIpc) is 2.57. The van der Waals surface area contributed by atoms with Crippen LogP contribution in [0.3, 0.4) is 0 Å². The van der Waals surface area contributed by atoms with Crippen LogP contribution in [0.4, 0.5) is 0 Å². The first-order valence-electron chi connectivity index (χ1n) is 8.79. The molecule has 0 aromatic heterocycles. The van der Waals surface area contributed by atoms with Crippen LogP contribution in [0.5, 0.6) is 5.75 Å². The van der Waals surface area contributed by atoms with Crippen LogP contribution in [0.25, 0.3) is 0 Å². The molecule has 1 N–H and O–H groups in total. The van der Waals surface area contributed by atoms with Gasteiger partial charge in [-0.25, -0.2) is 8.42 Å². The first-order valence-corrected chi connectivity index (χ1v) is 10.6. The third-order valence-corrected chi connectivity index (χ3v) is 6.34. The van der Waals surface area contributed by atoms with Crippen LogP contribution in [0, 0.1) is 5.41 Å². The topological polar surface area (TPSA) is 84.9 Å². The van der Waals surface area contributed by atoms with Crippen LogP contribution in [-0.4, -0.2) is 64.3 Å². The summed E-state index contributed by atoms with van der Waals surface area (Å²) >= 11 is 0. The lowest BCUT2D eigenvalue weighted by molar-refractivity contribution is -0.139. The molecule has 1 aromatic rings. The van der Waals surface area contributed by atoms with E-state index in [1.54, 1.807) is 7.11 Å². The van der Waals surface area contributed by atoms with Gasteiger partial charge in [0.15, 0.2) is 0 Å². The molecule has 2 fully saturated rings. The molecule has 0 saturated carbocycles. The Labute approximate surface area is 154 Å². The third kappa shape index (κ3) is 4.19. The predicted octanol–water partition coefficient (Wildman–Crippen LogP) is 0.795. The van der Waals surface area contributed by atoms with Crippen molar-refractivity contribution in [3.8, 4) is 5.75 Å². The molecular formula is C18H26N2O5S. The summed E-state index contributed by atoms with van der Waals surface area (Å²) in [5.74, 6) is 0.647. The Morgan fingerprint density at radius 1 is 1.35 bits per heavy atom. The zero-order valence-electron chi connectivity index (χ0n) is 15.2. The van der Waals surface area contributed by atoms with Gasteiger partial charge < -0.3 is 14.8 Å². The van der Waals surface area contributed by atoms with Crippen molar-refractivity contribution in [1.82, 2.24) is 9.62 Å². The van der Waals surface area contributed by atoms with E-state index in [0.29, 0.717) is 19.6 Å². The molecular weight excluding hydrogens is 356 g/mol. The third-order valence-electron chi connectivity index (χ3n) is 5.14. The van der Waals surface area contributed by atoms with Crippen molar-refractivity contribution in [3.05, 3.63) is 29.8 Å². The Hall–Kier alpha value is -1.64. The Morgan fingerprint density at radius 3 is 2.65 bits per heavy atom. The number of sulfonamides is 1. The van der Waals surface area contributed by atoms with Crippen LogP contribution in [0.15, 0.2) is 24.3 Å². The van der Waals surface area contributed by atoms with Gasteiger partial charge in [-0.1, -0.05) is 12.1 Å². The zero-order chi connectivity index (χ0) is 18.8. The molecule has 2 aliphatic rings. The van der Waals surface area contributed by atoms with E-state index in [2.05, 4.69) is 5.32 Å². The second kappa shape index (κ2) is 7.54. The summed E-state index contributed by atoms with van der Waals surface area (Å²) in [5, 5.41) is 3.11. The second-order valence-corrected chi connectivity index (χ2v) is 9.18. The minimum absolute atomic E-state index is 0.0767. The van der Waals surface area contributed by atoms with Gasteiger partial charge >= 0.3 is 0 Å². The van der Waals surface area contributed by atoms with Crippen molar-refractivity contribution in [3.63, 3.8) is 0 Å². The SMILES string of the molecule is COc1cccc(CC2(C(=O)NC3CCOCC3)CN(S(C)(=O)=O)C2)c1. The molecule has 2 heterocycles. The molecule has 0 radical (unpaired) electrons. The van der Waals surface area contributed by atoms with Gasteiger partial charge in [-0.05, 0) is 37.0 Å². The fourth-order valence-electron chi connectivity index (χ4n) is 3.55. The van der Waals surface area contributed by atoms with Crippen molar-refractivity contribution >= 4 is 15.9 Å². The van der Waals surface area contributed by atoms with Crippen molar-refractivity contribution in [1.29, 1.82) is 0 Å². The van der Waals surface area contributed by atoms with Gasteiger partial charge in [0.05, 0.1) is 18.8 Å². The van der Waals surface area contributed by atoms with E-state index in [1.807, 2.05) is 24.3 Å². The molecule has 0 unspecified atom stereocenters. The largest absolute Gasteiger partial charge is 0.497 e. The number of carbonyl (C=O) groups is 1. The molecule has 26 heavy (non-hydrogen) atoms. The van der Waals surface area contributed by atoms with Gasteiger partial charge in [0.2, 0.25) is 15.9 Å². The highest BCUT2D eigenvalue weighted by atomic mass is 32.2. The highest BCUT2D eigenvalue weighted by Gasteiger charge is 2.52. The summed E-state index contributed by atoms with van der Waals surface area (Å²) in [6, 6.07) is 7.65.